The van der Waals surface area contributed by atoms with Crippen LogP contribution in [-0.2, 0) is 19.6 Å². The lowest BCUT2D eigenvalue weighted by molar-refractivity contribution is -0.150. The molecule has 9 nitrogen and oxygen atoms in total. The van der Waals surface area contributed by atoms with Crippen molar-refractivity contribution >= 4 is 38.3 Å². The van der Waals surface area contributed by atoms with Gasteiger partial charge in [-0.2, -0.15) is 0 Å². The Hall–Kier alpha value is -3.63. The molecule has 3 aromatic rings. The number of hydrogen-bond donors (Lipinski definition) is 2. The highest BCUT2D eigenvalue weighted by atomic mass is 32.2. The normalized spacial score (nSPS) is 23.1. The summed E-state index contributed by atoms with van der Waals surface area (Å²) in [5.74, 6) is 0.788. The van der Waals surface area contributed by atoms with Gasteiger partial charge in [-0.25, -0.2) is 13.1 Å². The third-order valence-electron chi connectivity index (χ3n) is 10.5. The van der Waals surface area contributed by atoms with Crippen molar-refractivity contribution < 1.29 is 17.9 Å². The van der Waals surface area contributed by atoms with Crippen LogP contribution in [-0.4, -0.2) is 65.0 Å². The summed E-state index contributed by atoms with van der Waals surface area (Å²) in [7, 11) is -0.0382. The fourth-order valence-corrected chi connectivity index (χ4v) is 9.34. The molecule has 10 heteroatoms. The van der Waals surface area contributed by atoms with Crippen molar-refractivity contribution in [1.29, 1.82) is 0 Å². The van der Waals surface area contributed by atoms with E-state index in [1.807, 2.05) is 64.0 Å². The van der Waals surface area contributed by atoms with Crippen LogP contribution in [0.5, 0.6) is 0 Å². The van der Waals surface area contributed by atoms with Crippen LogP contribution in [0.1, 0.15) is 69.2 Å². The van der Waals surface area contributed by atoms with E-state index in [1.165, 1.54) is 12.8 Å². The Morgan fingerprint density at radius 1 is 1.06 bits per heavy atom. The van der Waals surface area contributed by atoms with Crippen molar-refractivity contribution in [2.45, 2.75) is 77.3 Å². The highest BCUT2D eigenvalue weighted by Crippen LogP contribution is 2.39. The van der Waals surface area contributed by atoms with E-state index in [4.69, 9.17) is 4.74 Å². The summed E-state index contributed by atoms with van der Waals surface area (Å²) in [5.41, 5.74) is 6.78. The molecule has 258 valence electrons. The first-order valence-corrected chi connectivity index (χ1v) is 18.8. The summed E-state index contributed by atoms with van der Waals surface area (Å²) in [4.78, 5) is 18.1. The summed E-state index contributed by atoms with van der Waals surface area (Å²) in [6, 6.07) is 17.7. The molecule has 0 radical (unpaired) electrons. The Balaban J connectivity index is 1.23. The number of ether oxygens (including phenoxy) is 1. The smallest absolute Gasteiger partial charge is 0.241 e. The number of fused-ring (bicyclic) bond motifs is 4. The topological polar surface area (TPSA) is 103 Å². The lowest BCUT2D eigenvalue weighted by Gasteiger charge is -2.47. The van der Waals surface area contributed by atoms with E-state index in [0.717, 1.165) is 47.2 Å². The molecule has 3 aliphatic heterocycles. The zero-order valence-electron chi connectivity index (χ0n) is 29.4. The van der Waals surface area contributed by atoms with E-state index in [0.29, 0.717) is 23.2 Å². The molecule has 3 atom stereocenters. The fraction of sp³-hybridized carbons (Fsp3) is 0.526. The molecule has 1 aliphatic carbocycles. The lowest BCUT2D eigenvalue weighted by Crippen LogP contribution is -2.55. The predicted molar refractivity (Wildman–Crippen MR) is 193 cm³/mol. The first-order valence-electron chi connectivity index (χ1n) is 17.3. The van der Waals surface area contributed by atoms with Crippen molar-refractivity contribution in [2.24, 2.45) is 28.3 Å². The summed E-state index contributed by atoms with van der Waals surface area (Å²) in [6.07, 6.45) is 4.61. The third kappa shape index (κ3) is 6.79. The number of amides is 1. The van der Waals surface area contributed by atoms with Crippen molar-refractivity contribution in [2.75, 3.05) is 38.7 Å². The number of hydrogen-bond acceptors (Lipinski definition) is 7. The third-order valence-corrected chi connectivity index (χ3v) is 12.0. The van der Waals surface area contributed by atoms with Crippen LogP contribution in [0, 0.1) is 37.0 Å². The number of aryl methyl sites for hydroxylation is 2. The van der Waals surface area contributed by atoms with Gasteiger partial charge in [-0.3, -0.25) is 10.2 Å². The number of piperidine rings is 2. The Morgan fingerprint density at radius 3 is 2.35 bits per heavy atom. The number of anilines is 1. The summed E-state index contributed by atoms with van der Waals surface area (Å²) >= 11 is 0. The zero-order valence-corrected chi connectivity index (χ0v) is 30.2. The Kier molecular flexibility index (Phi) is 9.52. The monoisotopic (exact) mass is 673 g/mol. The number of nitrogens with one attached hydrogen (secondary N) is 2. The highest BCUT2D eigenvalue weighted by molar-refractivity contribution is 7.89. The van der Waals surface area contributed by atoms with Gasteiger partial charge in [0.15, 0.2) is 0 Å². The van der Waals surface area contributed by atoms with Gasteiger partial charge in [0.05, 0.1) is 22.3 Å². The van der Waals surface area contributed by atoms with Gasteiger partial charge in [-0.15, -0.1) is 5.10 Å². The molecule has 2 unspecified atom stereocenters. The molecule has 48 heavy (non-hydrogen) atoms. The number of sulfonamides is 1. The molecular formula is C38H51N5O4S. The molecule has 3 heterocycles. The number of rotatable bonds is 10. The quantitative estimate of drug-likeness (QED) is 0.268. The van der Waals surface area contributed by atoms with Crippen molar-refractivity contribution in [3.63, 3.8) is 0 Å². The van der Waals surface area contributed by atoms with Crippen LogP contribution in [0.4, 0.5) is 5.69 Å². The van der Waals surface area contributed by atoms with Crippen LogP contribution < -0.4 is 15.0 Å². The van der Waals surface area contributed by atoms with Gasteiger partial charge in [0.2, 0.25) is 21.8 Å². The summed E-state index contributed by atoms with van der Waals surface area (Å²) in [6.45, 7) is 11.3. The van der Waals surface area contributed by atoms with Gasteiger partial charge >= 0.3 is 0 Å². The Morgan fingerprint density at radius 2 is 1.73 bits per heavy atom. The minimum absolute atomic E-state index is 0.138. The highest BCUT2D eigenvalue weighted by Gasteiger charge is 2.44. The van der Waals surface area contributed by atoms with Crippen LogP contribution in [0.3, 0.4) is 0 Å². The van der Waals surface area contributed by atoms with E-state index < -0.39 is 15.4 Å². The Labute approximate surface area is 286 Å². The van der Waals surface area contributed by atoms with Crippen LogP contribution in [0.2, 0.25) is 0 Å². The SMILES string of the molecule is Cc1cc(C)cc(C2NN=C(OCC(C)(C)C(=O)N3CC4CCC3CC4)C2[C@H](C)CNS(=O)(=O)c2cccc3cccc(N(C)C)c23)c1. The zero-order chi connectivity index (χ0) is 34.4. The van der Waals surface area contributed by atoms with Gasteiger partial charge < -0.3 is 14.5 Å². The van der Waals surface area contributed by atoms with E-state index >= 15 is 0 Å². The van der Waals surface area contributed by atoms with Gasteiger partial charge in [-0.1, -0.05) is 60.5 Å². The molecule has 4 aliphatic rings. The maximum absolute atomic E-state index is 14.0. The van der Waals surface area contributed by atoms with Crippen molar-refractivity contribution in [3.8, 4) is 0 Å². The van der Waals surface area contributed by atoms with Crippen LogP contribution >= 0.6 is 0 Å². The minimum atomic E-state index is -3.87. The van der Waals surface area contributed by atoms with E-state index in [9.17, 15) is 13.2 Å². The Bertz CT molecular complexity index is 1790. The second kappa shape index (κ2) is 13.3. The molecular weight excluding hydrogens is 623 g/mol. The standard InChI is InChI=1S/C38H51N5O4S/c1-24-18-25(2)20-29(19-24)35-33(36(41-40-35)47-23-38(4,5)37(44)43-22-27-14-16-30(43)17-15-27)26(3)21-39-48(45,46)32-13-9-11-28-10-8-12-31(34(28)32)42(6)7/h8-13,18-20,26-27,30,33,35,39-40H,14-17,21-23H2,1-7H3/t26-,27?,30?,33?,35?/m1/s1. The molecule has 7 rings (SSSR count). The molecule has 3 fully saturated rings. The van der Waals surface area contributed by atoms with E-state index in [2.05, 4.69) is 52.2 Å². The molecule has 2 bridgehead atoms. The number of hydrazone groups is 1. The lowest BCUT2D eigenvalue weighted by atomic mass is 9.78. The van der Waals surface area contributed by atoms with E-state index in [1.54, 1.807) is 12.1 Å². The maximum Gasteiger partial charge on any atom is 0.241 e. The molecule has 1 saturated carbocycles. The molecule has 2 saturated heterocycles. The summed E-state index contributed by atoms with van der Waals surface area (Å²) in [5, 5.41) is 6.24. The number of benzene rings is 3. The molecule has 0 aromatic heterocycles. The molecule has 3 aromatic carbocycles. The average molecular weight is 674 g/mol. The second-order valence-electron chi connectivity index (χ2n) is 15.2. The van der Waals surface area contributed by atoms with Crippen LogP contribution in [0.25, 0.3) is 10.8 Å². The number of nitrogens with zero attached hydrogens (tertiary/aromatic N) is 3. The fourth-order valence-electron chi connectivity index (χ4n) is 7.95. The second-order valence-corrected chi connectivity index (χ2v) is 16.9. The molecule has 0 spiro atoms. The van der Waals surface area contributed by atoms with Crippen molar-refractivity contribution in [3.05, 3.63) is 71.3 Å². The average Bonchev–Trinajstić information content (AvgIpc) is 3.50. The van der Waals surface area contributed by atoms with Gasteiger partial charge in [0, 0.05) is 44.3 Å². The van der Waals surface area contributed by atoms with Gasteiger partial charge in [0.1, 0.15) is 6.61 Å². The van der Waals surface area contributed by atoms with Crippen LogP contribution in [0.15, 0.2) is 64.6 Å². The van der Waals surface area contributed by atoms with Gasteiger partial charge in [-0.05, 0) is 88.3 Å². The molecule has 2 N–H and O–H groups in total. The number of carbonyl (C=O) groups is 1. The predicted octanol–water partition coefficient (Wildman–Crippen LogP) is 6.16. The van der Waals surface area contributed by atoms with Gasteiger partial charge in [0.25, 0.3) is 0 Å². The number of carbonyl (C=O) groups excluding carboxylic acids is 1. The largest absolute Gasteiger partial charge is 0.478 e. The first kappa shape index (κ1) is 34.2. The summed E-state index contributed by atoms with van der Waals surface area (Å²) < 4.78 is 37.3. The van der Waals surface area contributed by atoms with E-state index in [-0.39, 0.29) is 41.8 Å². The first-order chi connectivity index (χ1) is 22.7. The van der Waals surface area contributed by atoms with Crippen molar-refractivity contribution in [1.82, 2.24) is 15.0 Å². The molecule has 1 amide bonds. The maximum atomic E-state index is 14.0. The minimum Gasteiger partial charge on any atom is -0.478 e.